The zero-order valence-electron chi connectivity index (χ0n) is 11.0. The molecule has 2 N–H and O–H groups in total. The van der Waals surface area contributed by atoms with Crippen molar-refractivity contribution in [2.24, 2.45) is 0 Å². The van der Waals surface area contributed by atoms with Crippen LogP contribution in [0, 0.1) is 0 Å². The zero-order valence-corrected chi connectivity index (χ0v) is 11.0. The van der Waals surface area contributed by atoms with E-state index < -0.39 is 0 Å². The van der Waals surface area contributed by atoms with Crippen molar-refractivity contribution in [3.05, 3.63) is 53.9 Å². The predicted molar refractivity (Wildman–Crippen MR) is 75.3 cm³/mol. The molecule has 2 aromatic rings. The minimum atomic E-state index is 0.538. The fourth-order valence-electron chi connectivity index (χ4n) is 1.82. The lowest BCUT2D eigenvalue weighted by Gasteiger charge is -2.12. The molecule has 1 heterocycles. The Balaban J connectivity index is 2.13. The van der Waals surface area contributed by atoms with Gasteiger partial charge >= 0.3 is 0 Å². The number of methoxy groups -OCH3 is 1. The van der Waals surface area contributed by atoms with Crippen LogP contribution in [0.5, 0.6) is 5.75 Å². The number of hydrogen-bond acceptors (Lipinski definition) is 4. The highest BCUT2D eigenvalue weighted by Crippen LogP contribution is 2.23. The number of nitrogens with two attached hydrogens (primary N) is 1. The van der Waals surface area contributed by atoms with Gasteiger partial charge < -0.3 is 15.2 Å². The van der Waals surface area contributed by atoms with Crippen LogP contribution in [-0.2, 0) is 11.2 Å². The van der Waals surface area contributed by atoms with E-state index in [1.165, 1.54) is 0 Å². The summed E-state index contributed by atoms with van der Waals surface area (Å²) >= 11 is 0. The Hall–Kier alpha value is -2.07. The summed E-state index contributed by atoms with van der Waals surface area (Å²) in [6, 6.07) is 9.75. The minimum Gasteiger partial charge on any atom is -0.491 e. The number of anilines is 1. The van der Waals surface area contributed by atoms with Gasteiger partial charge in [0, 0.05) is 31.6 Å². The number of rotatable bonds is 6. The number of hydrogen-bond donors (Lipinski definition) is 1. The first-order chi connectivity index (χ1) is 9.31. The van der Waals surface area contributed by atoms with Gasteiger partial charge in [-0.05, 0) is 23.3 Å². The molecule has 100 valence electrons. The lowest BCUT2D eigenvalue weighted by Crippen LogP contribution is -2.06. The van der Waals surface area contributed by atoms with Gasteiger partial charge in [-0.1, -0.05) is 18.2 Å². The van der Waals surface area contributed by atoms with Crippen LogP contribution in [-0.4, -0.2) is 25.3 Å². The maximum absolute atomic E-state index is 5.94. The zero-order chi connectivity index (χ0) is 13.5. The van der Waals surface area contributed by atoms with E-state index in [2.05, 4.69) is 4.98 Å². The monoisotopic (exact) mass is 258 g/mol. The van der Waals surface area contributed by atoms with E-state index in [9.17, 15) is 0 Å². The van der Waals surface area contributed by atoms with Gasteiger partial charge in [0.2, 0.25) is 0 Å². The quantitative estimate of drug-likeness (QED) is 0.808. The summed E-state index contributed by atoms with van der Waals surface area (Å²) in [6.45, 7) is 1.11. The number of para-hydroxylation sites is 1. The predicted octanol–water partition coefficient (Wildman–Crippen LogP) is 2.28. The topological polar surface area (TPSA) is 57.4 Å². The molecule has 0 unspecified atom stereocenters. The third kappa shape index (κ3) is 3.69. The van der Waals surface area contributed by atoms with Gasteiger partial charge in [-0.2, -0.15) is 0 Å². The number of pyridine rings is 1. The second-order valence-corrected chi connectivity index (χ2v) is 4.20. The normalized spacial score (nSPS) is 10.4. The molecule has 2 rings (SSSR count). The summed E-state index contributed by atoms with van der Waals surface area (Å²) in [5.74, 6) is 0.864. The second-order valence-electron chi connectivity index (χ2n) is 4.20. The van der Waals surface area contributed by atoms with Crippen LogP contribution in [0.2, 0.25) is 0 Å². The molecule has 19 heavy (non-hydrogen) atoms. The maximum atomic E-state index is 5.94. The highest BCUT2D eigenvalue weighted by molar-refractivity contribution is 5.48. The van der Waals surface area contributed by atoms with Crippen molar-refractivity contribution in [2.45, 2.75) is 6.42 Å². The molecule has 0 amide bonds. The standard InChI is InChI=1S/C15H18N2O2/c1-18-8-9-19-15-5-3-2-4-12(15)10-13-11-17-7-6-14(13)16/h2-7,11H,8-10H2,1H3,(H2,16,17). The summed E-state index contributed by atoms with van der Waals surface area (Å²) in [4.78, 5) is 4.11. The third-order valence-electron chi connectivity index (χ3n) is 2.84. The van der Waals surface area contributed by atoms with Crippen molar-refractivity contribution in [3.63, 3.8) is 0 Å². The first-order valence-electron chi connectivity index (χ1n) is 6.19. The molecule has 0 bridgehead atoms. The molecule has 0 radical (unpaired) electrons. The molecule has 0 saturated carbocycles. The Morgan fingerprint density at radius 2 is 1.95 bits per heavy atom. The SMILES string of the molecule is COCCOc1ccccc1Cc1cnccc1N. The highest BCUT2D eigenvalue weighted by atomic mass is 16.5. The molecule has 0 atom stereocenters. The van der Waals surface area contributed by atoms with Crippen LogP contribution in [0.3, 0.4) is 0 Å². The van der Waals surface area contributed by atoms with E-state index in [1.807, 2.05) is 30.3 Å². The number of nitrogens with zero attached hydrogens (tertiary/aromatic N) is 1. The van der Waals surface area contributed by atoms with Crippen LogP contribution in [0.4, 0.5) is 5.69 Å². The van der Waals surface area contributed by atoms with Crippen LogP contribution >= 0.6 is 0 Å². The first kappa shape index (κ1) is 13.4. The molecule has 0 aliphatic rings. The van der Waals surface area contributed by atoms with E-state index >= 15 is 0 Å². The van der Waals surface area contributed by atoms with Gasteiger partial charge in [-0.3, -0.25) is 4.98 Å². The summed E-state index contributed by atoms with van der Waals surface area (Å²) in [5, 5.41) is 0. The average molecular weight is 258 g/mol. The largest absolute Gasteiger partial charge is 0.491 e. The van der Waals surface area contributed by atoms with Crippen molar-refractivity contribution in [3.8, 4) is 5.75 Å². The van der Waals surface area contributed by atoms with Gasteiger partial charge in [0.1, 0.15) is 12.4 Å². The molecular weight excluding hydrogens is 240 g/mol. The molecular formula is C15H18N2O2. The van der Waals surface area contributed by atoms with Crippen molar-refractivity contribution < 1.29 is 9.47 Å². The highest BCUT2D eigenvalue weighted by Gasteiger charge is 2.06. The number of benzene rings is 1. The lowest BCUT2D eigenvalue weighted by atomic mass is 10.0. The van der Waals surface area contributed by atoms with E-state index in [4.69, 9.17) is 15.2 Å². The average Bonchev–Trinajstić information content (AvgIpc) is 2.43. The van der Waals surface area contributed by atoms with Crippen LogP contribution in [0.1, 0.15) is 11.1 Å². The number of aromatic nitrogens is 1. The fraction of sp³-hybridized carbons (Fsp3) is 0.267. The second kappa shape index (κ2) is 6.75. The van der Waals surface area contributed by atoms with Gasteiger partial charge in [0.25, 0.3) is 0 Å². The Labute approximate surface area is 113 Å². The van der Waals surface area contributed by atoms with Crippen molar-refractivity contribution in [1.82, 2.24) is 4.98 Å². The molecule has 4 nitrogen and oxygen atoms in total. The molecule has 1 aromatic heterocycles. The van der Waals surface area contributed by atoms with Crippen LogP contribution in [0.15, 0.2) is 42.7 Å². The number of ether oxygens (including phenoxy) is 2. The van der Waals surface area contributed by atoms with E-state index in [0.717, 1.165) is 22.6 Å². The van der Waals surface area contributed by atoms with Crippen molar-refractivity contribution >= 4 is 5.69 Å². The smallest absolute Gasteiger partial charge is 0.122 e. The van der Waals surface area contributed by atoms with Gasteiger partial charge in [0.15, 0.2) is 0 Å². The van der Waals surface area contributed by atoms with Gasteiger partial charge in [-0.25, -0.2) is 0 Å². The summed E-state index contributed by atoms with van der Waals surface area (Å²) in [5.41, 5.74) is 8.79. The fourth-order valence-corrected chi connectivity index (χ4v) is 1.82. The minimum absolute atomic E-state index is 0.538. The van der Waals surface area contributed by atoms with E-state index in [-0.39, 0.29) is 0 Å². The van der Waals surface area contributed by atoms with Crippen LogP contribution in [0.25, 0.3) is 0 Å². The van der Waals surface area contributed by atoms with Crippen molar-refractivity contribution in [2.75, 3.05) is 26.1 Å². The lowest BCUT2D eigenvalue weighted by molar-refractivity contribution is 0.146. The molecule has 0 spiro atoms. The molecule has 0 aliphatic heterocycles. The van der Waals surface area contributed by atoms with E-state index in [1.54, 1.807) is 19.5 Å². The Morgan fingerprint density at radius 1 is 1.11 bits per heavy atom. The Bertz CT molecular complexity index is 529. The summed E-state index contributed by atoms with van der Waals surface area (Å²) in [7, 11) is 1.66. The third-order valence-corrected chi connectivity index (χ3v) is 2.84. The molecule has 4 heteroatoms. The number of nitrogen functional groups attached to an aromatic ring is 1. The molecule has 0 saturated heterocycles. The summed E-state index contributed by atoms with van der Waals surface area (Å²) < 4.78 is 10.7. The van der Waals surface area contributed by atoms with Crippen molar-refractivity contribution in [1.29, 1.82) is 0 Å². The van der Waals surface area contributed by atoms with Crippen LogP contribution < -0.4 is 10.5 Å². The molecule has 0 aliphatic carbocycles. The molecule has 1 aromatic carbocycles. The first-order valence-corrected chi connectivity index (χ1v) is 6.19. The molecule has 0 fully saturated rings. The Morgan fingerprint density at radius 3 is 2.74 bits per heavy atom. The van der Waals surface area contributed by atoms with E-state index in [0.29, 0.717) is 19.6 Å². The summed E-state index contributed by atoms with van der Waals surface area (Å²) in [6.07, 6.45) is 4.20. The maximum Gasteiger partial charge on any atom is 0.122 e. The Kier molecular flexibility index (Phi) is 4.75. The van der Waals surface area contributed by atoms with Gasteiger partial charge in [0.05, 0.1) is 6.61 Å². The van der Waals surface area contributed by atoms with Gasteiger partial charge in [-0.15, -0.1) is 0 Å².